The highest BCUT2D eigenvalue weighted by molar-refractivity contribution is 5.88. The van der Waals surface area contributed by atoms with E-state index in [1.54, 1.807) is 6.92 Å². The molecule has 0 saturated carbocycles. The van der Waals surface area contributed by atoms with E-state index in [0.29, 0.717) is 0 Å². The Labute approximate surface area is 94.7 Å². The van der Waals surface area contributed by atoms with Crippen LogP contribution in [0.15, 0.2) is 27.9 Å². The van der Waals surface area contributed by atoms with Gasteiger partial charge in [-0.05, 0) is 13.0 Å². The second-order valence-electron chi connectivity index (χ2n) is 3.20. The molecule has 2 aromatic heterocycles. The second kappa shape index (κ2) is 4.20. The lowest BCUT2D eigenvalue weighted by molar-refractivity contribution is 0.0523. The fourth-order valence-corrected chi connectivity index (χ4v) is 1.34. The number of carbonyl (C=O) groups is 1. The Morgan fingerprint density at radius 1 is 1.47 bits per heavy atom. The van der Waals surface area contributed by atoms with Crippen LogP contribution < -0.4 is 11.1 Å². The van der Waals surface area contributed by atoms with Crippen molar-refractivity contribution in [2.24, 2.45) is 0 Å². The Morgan fingerprint density at radius 3 is 2.94 bits per heavy atom. The molecule has 88 valence electrons. The van der Waals surface area contributed by atoms with Crippen molar-refractivity contribution >= 4 is 11.6 Å². The van der Waals surface area contributed by atoms with Crippen LogP contribution >= 0.6 is 0 Å². The normalized spacial score (nSPS) is 10.4. The van der Waals surface area contributed by atoms with Crippen molar-refractivity contribution in [2.75, 3.05) is 6.61 Å². The Balaban J connectivity index is 2.69. The Hall–Kier alpha value is -2.44. The Bertz CT molecular complexity index is 686. The van der Waals surface area contributed by atoms with Crippen molar-refractivity contribution in [3.05, 3.63) is 44.6 Å². The van der Waals surface area contributed by atoms with Crippen LogP contribution in [0.3, 0.4) is 0 Å². The smallest absolute Gasteiger partial charge is 0.345 e. The van der Waals surface area contributed by atoms with E-state index in [2.05, 4.69) is 10.1 Å². The molecule has 0 aliphatic rings. The van der Waals surface area contributed by atoms with Crippen LogP contribution in [0.1, 0.15) is 17.3 Å². The van der Waals surface area contributed by atoms with Gasteiger partial charge in [-0.15, -0.1) is 0 Å². The highest BCUT2D eigenvalue weighted by atomic mass is 16.5. The van der Waals surface area contributed by atoms with E-state index >= 15 is 0 Å². The van der Waals surface area contributed by atoms with Gasteiger partial charge in [-0.3, -0.25) is 14.7 Å². The van der Waals surface area contributed by atoms with E-state index < -0.39 is 17.1 Å². The van der Waals surface area contributed by atoms with Crippen molar-refractivity contribution in [3.63, 3.8) is 0 Å². The SMILES string of the molecule is CCOC(=O)c1cnc2ccc(=O)[nH]n2c1=O. The molecule has 7 nitrogen and oxygen atoms in total. The first-order valence-corrected chi connectivity index (χ1v) is 4.91. The fourth-order valence-electron chi connectivity index (χ4n) is 1.34. The van der Waals surface area contributed by atoms with Gasteiger partial charge in [0.25, 0.3) is 11.1 Å². The number of hydrogen-bond donors (Lipinski definition) is 1. The summed E-state index contributed by atoms with van der Waals surface area (Å²) < 4.78 is 5.61. The van der Waals surface area contributed by atoms with Gasteiger partial charge in [0.2, 0.25) is 0 Å². The summed E-state index contributed by atoms with van der Waals surface area (Å²) in [5.74, 6) is -0.760. The number of rotatable bonds is 2. The molecular formula is C10H9N3O4. The molecule has 7 heteroatoms. The van der Waals surface area contributed by atoms with Gasteiger partial charge < -0.3 is 4.74 Å². The fraction of sp³-hybridized carbons (Fsp3) is 0.200. The van der Waals surface area contributed by atoms with Gasteiger partial charge in [-0.1, -0.05) is 0 Å². The van der Waals surface area contributed by atoms with Crippen LogP contribution in [-0.2, 0) is 4.74 Å². The van der Waals surface area contributed by atoms with Crippen molar-refractivity contribution < 1.29 is 9.53 Å². The first-order valence-electron chi connectivity index (χ1n) is 4.91. The molecule has 0 bridgehead atoms. The summed E-state index contributed by atoms with van der Waals surface area (Å²) in [6.45, 7) is 1.79. The molecule has 0 aliphatic carbocycles. The van der Waals surface area contributed by atoms with E-state index in [0.717, 1.165) is 10.7 Å². The monoisotopic (exact) mass is 235 g/mol. The van der Waals surface area contributed by atoms with Crippen LogP contribution in [0.2, 0.25) is 0 Å². The van der Waals surface area contributed by atoms with Gasteiger partial charge in [0.1, 0.15) is 5.56 Å². The molecule has 0 amide bonds. The maximum absolute atomic E-state index is 11.8. The molecule has 2 rings (SSSR count). The number of H-pyrrole nitrogens is 1. The molecule has 0 fully saturated rings. The van der Waals surface area contributed by atoms with Gasteiger partial charge in [0, 0.05) is 12.3 Å². The summed E-state index contributed by atoms with van der Waals surface area (Å²) in [6.07, 6.45) is 1.13. The summed E-state index contributed by atoms with van der Waals surface area (Å²) >= 11 is 0. The van der Waals surface area contributed by atoms with E-state index in [1.807, 2.05) is 0 Å². The zero-order valence-electron chi connectivity index (χ0n) is 8.97. The van der Waals surface area contributed by atoms with Gasteiger partial charge in [0.05, 0.1) is 6.61 Å². The van der Waals surface area contributed by atoms with Crippen LogP contribution in [-0.4, -0.2) is 27.2 Å². The van der Waals surface area contributed by atoms with Crippen LogP contribution in [0.25, 0.3) is 5.65 Å². The number of hydrogen-bond acceptors (Lipinski definition) is 5. The molecule has 0 spiro atoms. The molecule has 0 aromatic carbocycles. The average Bonchev–Trinajstić information content (AvgIpc) is 2.30. The quantitative estimate of drug-likeness (QED) is 0.712. The minimum absolute atomic E-state index is 0.159. The van der Waals surface area contributed by atoms with Crippen LogP contribution in [0.5, 0.6) is 0 Å². The van der Waals surface area contributed by atoms with Gasteiger partial charge in [-0.25, -0.2) is 9.78 Å². The molecule has 17 heavy (non-hydrogen) atoms. The maximum Gasteiger partial charge on any atom is 0.345 e. The van der Waals surface area contributed by atoms with Crippen molar-refractivity contribution in [1.82, 2.24) is 14.6 Å². The number of nitrogens with one attached hydrogen (secondary N) is 1. The van der Waals surface area contributed by atoms with E-state index in [4.69, 9.17) is 4.74 Å². The number of nitrogens with zero attached hydrogens (tertiary/aromatic N) is 2. The molecule has 0 unspecified atom stereocenters. The van der Waals surface area contributed by atoms with Gasteiger partial charge in [0.15, 0.2) is 5.65 Å². The third kappa shape index (κ3) is 1.94. The predicted molar refractivity (Wildman–Crippen MR) is 58.0 cm³/mol. The minimum Gasteiger partial charge on any atom is -0.462 e. The van der Waals surface area contributed by atoms with Gasteiger partial charge in [-0.2, -0.15) is 4.52 Å². The van der Waals surface area contributed by atoms with Crippen LogP contribution in [0.4, 0.5) is 0 Å². The van der Waals surface area contributed by atoms with E-state index in [1.165, 1.54) is 12.1 Å². The second-order valence-corrected chi connectivity index (χ2v) is 3.20. The largest absolute Gasteiger partial charge is 0.462 e. The Kier molecular flexibility index (Phi) is 2.73. The van der Waals surface area contributed by atoms with Crippen molar-refractivity contribution in [1.29, 1.82) is 0 Å². The first-order chi connectivity index (χ1) is 8.13. The third-order valence-electron chi connectivity index (χ3n) is 2.09. The first kappa shape index (κ1) is 11.1. The number of ether oxygens (including phenoxy) is 1. The molecule has 0 saturated heterocycles. The highest BCUT2D eigenvalue weighted by Crippen LogP contribution is 1.96. The number of esters is 1. The molecule has 2 aromatic rings. The van der Waals surface area contributed by atoms with Crippen LogP contribution in [0, 0.1) is 0 Å². The molecule has 0 radical (unpaired) electrons. The lowest BCUT2D eigenvalue weighted by Gasteiger charge is -2.02. The highest BCUT2D eigenvalue weighted by Gasteiger charge is 2.14. The van der Waals surface area contributed by atoms with E-state index in [9.17, 15) is 14.4 Å². The average molecular weight is 235 g/mol. The molecule has 1 N–H and O–H groups in total. The molecule has 2 heterocycles. The Morgan fingerprint density at radius 2 is 2.24 bits per heavy atom. The summed E-state index contributed by atoms with van der Waals surface area (Å²) in [5, 5.41) is 2.27. The van der Waals surface area contributed by atoms with Crippen molar-refractivity contribution in [2.45, 2.75) is 6.92 Å². The summed E-state index contributed by atoms with van der Waals surface area (Å²) in [4.78, 5) is 38.2. The number of fused-ring (bicyclic) bond motifs is 1. The summed E-state index contributed by atoms with van der Waals surface area (Å²) in [7, 11) is 0. The number of aromatic nitrogens is 3. The lowest BCUT2D eigenvalue weighted by Crippen LogP contribution is -2.28. The van der Waals surface area contributed by atoms with Gasteiger partial charge >= 0.3 is 5.97 Å². The predicted octanol–water partition coefficient (Wildman–Crippen LogP) is -0.441. The summed E-state index contributed by atoms with van der Waals surface area (Å²) in [6, 6.07) is 2.63. The topological polar surface area (TPSA) is 93.5 Å². The minimum atomic E-state index is -0.760. The third-order valence-corrected chi connectivity index (χ3v) is 2.09. The molecule has 0 atom stereocenters. The zero-order valence-corrected chi connectivity index (χ0v) is 8.97. The standard InChI is InChI=1S/C10H9N3O4/c1-2-17-10(16)6-5-11-7-3-4-8(14)12-13(7)9(6)15/h3-5H,2H2,1H3,(H,12,14). The number of carbonyl (C=O) groups excluding carboxylic acids is 1. The number of aromatic amines is 1. The van der Waals surface area contributed by atoms with Crippen molar-refractivity contribution in [3.8, 4) is 0 Å². The molecular weight excluding hydrogens is 226 g/mol. The van der Waals surface area contributed by atoms with E-state index in [-0.39, 0.29) is 17.8 Å². The zero-order chi connectivity index (χ0) is 12.4. The lowest BCUT2D eigenvalue weighted by atomic mass is 10.3. The summed E-state index contributed by atoms with van der Waals surface area (Å²) in [5.41, 5.74) is -1.08. The maximum atomic E-state index is 11.8. The molecule has 0 aliphatic heterocycles.